The maximum absolute atomic E-state index is 12.9. The van der Waals surface area contributed by atoms with Crippen LogP contribution in [0, 0.1) is 11.7 Å². The molecular formula is C13H15ClFNO2. The minimum atomic E-state index is -0.457. The molecule has 0 radical (unpaired) electrons. The summed E-state index contributed by atoms with van der Waals surface area (Å²) in [6.07, 6.45) is 1.23. The van der Waals surface area contributed by atoms with Crippen LogP contribution >= 0.6 is 11.6 Å². The molecule has 18 heavy (non-hydrogen) atoms. The number of amides is 1. The van der Waals surface area contributed by atoms with Crippen LogP contribution in [0.25, 0.3) is 0 Å². The molecule has 0 aliphatic heterocycles. The van der Waals surface area contributed by atoms with Crippen molar-refractivity contribution in [2.75, 3.05) is 13.6 Å². The smallest absolute Gasteiger partial charge is 0.255 e. The first-order chi connectivity index (χ1) is 8.47. The maximum Gasteiger partial charge on any atom is 0.255 e. The lowest BCUT2D eigenvalue weighted by molar-refractivity contribution is 0.0265. The molecule has 1 aromatic rings. The number of aliphatic hydroxyl groups excluding tert-OH is 1. The monoisotopic (exact) mass is 271 g/mol. The highest BCUT2D eigenvalue weighted by Crippen LogP contribution is 2.28. The highest BCUT2D eigenvalue weighted by Gasteiger charge is 2.29. The Morgan fingerprint density at radius 2 is 2.22 bits per heavy atom. The Morgan fingerprint density at radius 3 is 2.78 bits per heavy atom. The summed E-state index contributed by atoms with van der Waals surface area (Å²) in [5, 5.41) is 9.32. The molecule has 0 atom stereocenters. The summed E-state index contributed by atoms with van der Waals surface area (Å²) in [7, 11) is 1.69. The van der Waals surface area contributed by atoms with E-state index in [1.807, 2.05) is 0 Å². The van der Waals surface area contributed by atoms with Crippen LogP contribution in [0.15, 0.2) is 18.2 Å². The summed E-state index contributed by atoms with van der Waals surface area (Å²) < 4.78 is 12.9. The second kappa shape index (κ2) is 5.24. The molecule has 0 unspecified atom stereocenters. The van der Waals surface area contributed by atoms with Crippen molar-refractivity contribution in [3.05, 3.63) is 34.6 Å². The van der Waals surface area contributed by atoms with Crippen molar-refractivity contribution < 1.29 is 14.3 Å². The Bertz CT molecular complexity index is 460. The second-order valence-electron chi connectivity index (χ2n) is 4.80. The van der Waals surface area contributed by atoms with Crippen LogP contribution in [0.1, 0.15) is 23.2 Å². The zero-order valence-electron chi connectivity index (χ0n) is 10.1. The van der Waals surface area contributed by atoms with Gasteiger partial charge in [0, 0.05) is 13.6 Å². The van der Waals surface area contributed by atoms with Crippen LogP contribution in [0.3, 0.4) is 0 Å². The molecule has 1 saturated carbocycles. The van der Waals surface area contributed by atoms with Crippen molar-refractivity contribution in [3.63, 3.8) is 0 Å². The van der Waals surface area contributed by atoms with Gasteiger partial charge in [0.2, 0.25) is 0 Å². The summed E-state index contributed by atoms with van der Waals surface area (Å²) in [6.45, 7) is 0.587. The molecule has 98 valence electrons. The van der Waals surface area contributed by atoms with Crippen molar-refractivity contribution in [2.45, 2.75) is 18.9 Å². The largest absolute Gasteiger partial charge is 0.393 e. The van der Waals surface area contributed by atoms with E-state index in [9.17, 15) is 14.3 Å². The lowest BCUT2D eigenvalue weighted by atomic mass is 9.82. The summed E-state index contributed by atoms with van der Waals surface area (Å²) in [5.74, 6) is -0.337. The first-order valence-electron chi connectivity index (χ1n) is 5.86. The van der Waals surface area contributed by atoms with Crippen LogP contribution in [0.2, 0.25) is 5.02 Å². The van der Waals surface area contributed by atoms with E-state index < -0.39 is 5.82 Å². The molecular weight excluding hydrogens is 257 g/mol. The summed E-state index contributed by atoms with van der Waals surface area (Å²) in [6, 6.07) is 3.75. The lowest BCUT2D eigenvalue weighted by Crippen LogP contribution is -2.39. The van der Waals surface area contributed by atoms with E-state index >= 15 is 0 Å². The van der Waals surface area contributed by atoms with Gasteiger partial charge in [-0.2, -0.15) is 0 Å². The highest BCUT2D eigenvalue weighted by molar-refractivity contribution is 6.33. The normalized spacial score (nSPS) is 22.4. The Kier molecular flexibility index (Phi) is 3.88. The molecule has 0 heterocycles. The second-order valence-corrected chi connectivity index (χ2v) is 5.21. The molecule has 1 amide bonds. The molecule has 0 saturated heterocycles. The summed E-state index contributed by atoms with van der Waals surface area (Å²) in [5.41, 5.74) is 0.306. The van der Waals surface area contributed by atoms with Gasteiger partial charge in [0.15, 0.2) is 0 Å². The van der Waals surface area contributed by atoms with Gasteiger partial charge in [0.1, 0.15) is 5.82 Å². The van der Waals surface area contributed by atoms with Gasteiger partial charge in [-0.3, -0.25) is 4.79 Å². The fourth-order valence-electron chi connectivity index (χ4n) is 2.19. The fourth-order valence-corrected chi connectivity index (χ4v) is 2.44. The fraction of sp³-hybridized carbons (Fsp3) is 0.462. The third-order valence-corrected chi connectivity index (χ3v) is 3.56. The highest BCUT2D eigenvalue weighted by atomic mass is 35.5. The van der Waals surface area contributed by atoms with Gasteiger partial charge in [0.05, 0.1) is 16.7 Å². The summed E-state index contributed by atoms with van der Waals surface area (Å²) >= 11 is 5.85. The Hall–Kier alpha value is -1.13. The number of benzene rings is 1. The van der Waals surface area contributed by atoms with Gasteiger partial charge in [-0.1, -0.05) is 11.6 Å². The molecule has 3 nitrogen and oxygen atoms in total. The minimum Gasteiger partial charge on any atom is -0.393 e. The Labute approximate surface area is 110 Å². The van der Waals surface area contributed by atoms with Crippen molar-refractivity contribution in [2.24, 2.45) is 5.92 Å². The predicted octanol–water partition coefficient (Wildman–Crippen LogP) is 2.32. The van der Waals surface area contributed by atoms with E-state index in [0.29, 0.717) is 18.0 Å². The Balaban J connectivity index is 2.01. The first-order valence-corrected chi connectivity index (χ1v) is 6.23. The Morgan fingerprint density at radius 1 is 1.56 bits per heavy atom. The number of carbonyl (C=O) groups excluding carboxylic acids is 1. The zero-order chi connectivity index (χ0) is 13.3. The van der Waals surface area contributed by atoms with Crippen molar-refractivity contribution >= 4 is 17.5 Å². The van der Waals surface area contributed by atoms with Gasteiger partial charge in [-0.15, -0.1) is 0 Å². The molecule has 1 aliphatic rings. The molecule has 1 aromatic carbocycles. The molecule has 5 heteroatoms. The van der Waals surface area contributed by atoms with Crippen LogP contribution < -0.4 is 0 Å². The molecule has 0 aromatic heterocycles. The molecule has 1 aliphatic carbocycles. The van der Waals surface area contributed by atoms with Crippen LogP contribution in [0.5, 0.6) is 0 Å². The number of aliphatic hydroxyl groups is 1. The molecule has 0 spiro atoms. The van der Waals surface area contributed by atoms with Gasteiger partial charge >= 0.3 is 0 Å². The van der Waals surface area contributed by atoms with Crippen molar-refractivity contribution in [1.29, 1.82) is 0 Å². The lowest BCUT2D eigenvalue weighted by Gasteiger charge is -2.34. The van der Waals surface area contributed by atoms with E-state index in [2.05, 4.69) is 0 Å². The number of nitrogens with zero attached hydrogens (tertiary/aromatic N) is 1. The van der Waals surface area contributed by atoms with Crippen LogP contribution in [-0.2, 0) is 0 Å². The number of carbonyl (C=O) groups is 1. The number of halogens is 2. The summed E-state index contributed by atoms with van der Waals surface area (Å²) in [4.78, 5) is 13.7. The van der Waals surface area contributed by atoms with Gasteiger partial charge in [0.25, 0.3) is 5.91 Å². The maximum atomic E-state index is 12.9. The minimum absolute atomic E-state index is 0.125. The molecule has 1 fully saturated rings. The van der Waals surface area contributed by atoms with Crippen LogP contribution in [-0.4, -0.2) is 35.6 Å². The van der Waals surface area contributed by atoms with Gasteiger partial charge < -0.3 is 10.0 Å². The molecule has 2 rings (SSSR count). The third kappa shape index (κ3) is 2.82. The first kappa shape index (κ1) is 13.3. The van der Waals surface area contributed by atoms with E-state index in [-0.39, 0.29) is 17.0 Å². The molecule has 1 N–H and O–H groups in total. The standard InChI is InChI=1S/C13H15ClFNO2/c1-16(7-8-4-10(17)5-8)13(18)11-3-2-9(15)6-12(11)14/h2-3,6,8,10,17H,4-5,7H2,1H3. The average molecular weight is 272 g/mol. The topological polar surface area (TPSA) is 40.5 Å². The number of hydrogen-bond acceptors (Lipinski definition) is 2. The van der Waals surface area contributed by atoms with Gasteiger partial charge in [-0.05, 0) is 37.0 Å². The predicted molar refractivity (Wildman–Crippen MR) is 67.1 cm³/mol. The van der Waals surface area contributed by atoms with E-state index in [1.165, 1.54) is 12.1 Å². The van der Waals surface area contributed by atoms with Crippen LogP contribution in [0.4, 0.5) is 4.39 Å². The third-order valence-electron chi connectivity index (χ3n) is 3.25. The van der Waals surface area contributed by atoms with E-state index in [0.717, 1.165) is 18.9 Å². The number of hydrogen-bond donors (Lipinski definition) is 1. The SMILES string of the molecule is CN(CC1CC(O)C1)C(=O)c1ccc(F)cc1Cl. The van der Waals surface area contributed by atoms with Crippen molar-refractivity contribution in [1.82, 2.24) is 4.90 Å². The van der Waals surface area contributed by atoms with E-state index in [1.54, 1.807) is 11.9 Å². The van der Waals surface area contributed by atoms with Crippen molar-refractivity contribution in [3.8, 4) is 0 Å². The quantitative estimate of drug-likeness (QED) is 0.917. The number of rotatable bonds is 3. The average Bonchev–Trinajstić information content (AvgIpc) is 2.26. The van der Waals surface area contributed by atoms with E-state index in [4.69, 9.17) is 11.6 Å². The molecule has 0 bridgehead atoms. The zero-order valence-corrected chi connectivity index (χ0v) is 10.8. The van der Waals surface area contributed by atoms with Gasteiger partial charge in [-0.25, -0.2) is 4.39 Å².